The Hall–Kier alpha value is -0.890. The van der Waals surface area contributed by atoms with Crippen molar-refractivity contribution in [1.29, 1.82) is 0 Å². The average Bonchev–Trinajstić information content (AvgIpc) is 2.85. The minimum atomic E-state index is -0.0448. The van der Waals surface area contributed by atoms with Crippen LogP contribution in [0.1, 0.15) is 44.2 Å². The first-order valence-corrected chi connectivity index (χ1v) is 6.95. The highest BCUT2D eigenvalue weighted by Crippen LogP contribution is 2.64. The van der Waals surface area contributed by atoms with Gasteiger partial charge in [0.15, 0.2) is 0 Å². The molecule has 0 aromatic heterocycles. The van der Waals surface area contributed by atoms with E-state index in [2.05, 4.69) is 26.1 Å². The van der Waals surface area contributed by atoms with E-state index in [4.69, 9.17) is 0 Å². The number of rotatable bonds is 5. The van der Waals surface area contributed by atoms with Crippen molar-refractivity contribution in [2.75, 3.05) is 13.1 Å². The maximum Gasteiger partial charge on any atom is 0.126 e. The molecule has 1 fully saturated rings. The molecule has 1 aromatic carbocycles. The molecule has 1 nitrogen and oxygen atoms in total. The second-order valence-electron chi connectivity index (χ2n) is 6.13. The first kappa shape index (κ1) is 13.5. The Bertz CT molecular complexity index is 425. The zero-order valence-electron chi connectivity index (χ0n) is 11.9. The second-order valence-corrected chi connectivity index (χ2v) is 6.13. The molecule has 0 saturated heterocycles. The molecule has 2 heteroatoms. The molecule has 0 heterocycles. The standard InChI is InChI=1S/C16H24FN/c1-5-8-18-10-13-15(16(13,3)4)12-9-11(2)6-7-14(12)17/h6-7,9,13,15,18H,5,8,10H2,1-4H3. The van der Waals surface area contributed by atoms with Crippen LogP contribution >= 0.6 is 0 Å². The monoisotopic (exact) mass is 249 g/mol. The van der Waals surface area contributed by atoms with Crippen molar-refractivity contribution in [2.24, 2.45) is 11.3 Å². The molecule has 1 saturated carbocycles. The normalized spacial score (nSPS) is 25.2. The summed E-state index contributed by atoms with van der Waals surface area (Å²) in [7, 11) is 0. The molecule has 18 heavy (non-hydrogen) atoms. The van der Waals surface area contributed by atoms with Crippen LogP contribution in [0.25, 0.3) is 0 Å². The molecule has 0 amide bonds. The minimum Gasteiger partial charge on any atom is -0.316 e. The maximum absolute atomic E-state index is 13.9. The van der Waals surface area contributed by atoms with Crippen molar-refractivity contribution >= 4 is 0 Å². The van der Waals surface area contributed by atoms with E-state index in [1.54, 1.807) is 6.07 Å². The zero-order valence-corrected chi connectivity index (χ0v) is 11.9. The van der Waals surface area contributed by atoms with Crippen LogP contribution in [0, 0.1) is 24.1 Å². The van der Waals surface area contributed by atoms with Gasteiger partial charge >= 0.3 is 0 Å². The molecule has 100 valence electrons. The summed E-state index contributed by atoms with van der Waals surface area (Å²) in [6, 6.07) is 5.47. The molecule has 2 atom stereocenters. The third-order valence-electron chi connectivity index (χ3n) is 4.33. The van der Waals surface area contributed by atoms with E-state index in [0.717, 1.165) is 30.6 Å². The molecule has 2 unspecified atom stereocenters. The summed E-state index contributed by atoms with van der Waals surface area (Å²) >= 11 is 0. The number of halogens is 1. The molecule has 0 aliphatic heterocycles. The van der Waals surface area contributed by atoms with Gasteiger partial charge in [-0.25, -0.2) is 4.39 Å². The van der Waals surface area contributed by atoms with Crippen molar-refractivity contribution in [1.82, 2.24) is 5.32 Å². The van der Waals surface area contributed by atoms with Gasteiger partial charge in [-0.1, -0.05) is 38.5 Å². The number of hydrogen-bond donors (Lipinski definition) is 1. The van der Waals surface area contributed by atoms with Crippen molar-refractivity contribution in [3.8, 4) is 0 Å². The number of benzene rings is 1. The number of aryl methyl sites for hydroxylation is 1. The predicted octanol–water partition coefficient (Wildman–Crippen LogP) is 3.87. The van der Waals surface area contributed by atoms with Crippen LogP contribution in [0.15, 0.2) is 18.2 Å². The van der Waals surface area contributed by atoms with Gasteiger partial charge in [0.25, 0.3) is 0 Å². The third kappa shape index (κ3) is 2.44. The van der Waals surface area contributed by atoms with Gasteiger partial charge in [-0.2, -0.15) is 0 Å². The lowest BCUT2D eigenvalue weighted by Gasteiger charge is -2.05. The molecule has 1 aliphatic carbocycles. The van der Waals surface area contributed by atoms with E-state index in [1.165, 1.54) is 0 Å². The van der Waals surface area contributed by atoms with Crippen LogP contribution < -0.4 is 5.32 Å². The van der Waals surface area contributed by atoms with E-state index in [9.17, 15) is 4.39 Å². The summed E-state index contributed by atoms with van der Waals surface area (Å²) in [6.45, 7) is 10.7. The summed E-state index contributed by atoms with van der Waals surface area (Å²) in [5, 5.41) is 3.46. The van der Waals surface area contributed by atoms with Gasteiger partial charge in [0.05, 0.1) is 0 Å². The van der Waals surface area contributed by atoms with Gasteiger partial charge < -0.3 is 5.32 Å². The van der Waals surface area contributed by atoms with E-state index in [0.29, 0.717) is 11.8 Å². The molecular formula is C16H24FN. The lowest BCUT2D eigenvalue weighted by atomic mass is 10.0. The topological polar surface area (TPSA) is 12.0 Å². The van der Waals surface area contributed by atoms with Crippen molar-refractivity contribution in [3.63, 3.8) is 0 Å². The van der Waals surface area contributed by atoms with Crippen LogP contribution in [-0.2, 0) is 0 Å². The molecule has 2 rings (SSSR count). The smallest absolute Gasteiger partial charge is 0.126 e. The van der Waals surface area contributed by atoms with E-state index in [-0.39, 0.29) is 11.2 Å². The lowest BCUT2D eigenvalue weighted by Crippen LogP contribution is -2.19. The quantitative estimate of drug-likeness (QED) is 0.781. The zero-order chi connectivity index (χ0) is 13.3. The van der Waals surface area contributed by atoms with E-state index in [1.807, 2.05) is 19.1 Å². The van der Waals surface area contributed by atoms with Crippen molar-refractivity contribution < 1.29 is 4.39 Å². The number of nitrogens with one attached hydrogen (secondary N) is 1. The first-order valence-electron chi connectivity index (χ1n) is 6.95. The fourth-order valence-corrected chi connectivity index (χ4v) is 3.08. The van der Waals surface area contributed by atoms with Crippen molar-refractivity contribution in [2.45, 2.75) is 40.0 Å². The third-order valence-corrected chi connectivity index (χ3v) is 4.33. The van der Waals surface area contributed by atoms with E-state index < -0.39 is 0 Å². The summed E-state index contributed by atoms with van der Waals surface area (Å²) < 4.78 is 13.9. The Labute approximate surface area is 110 Å². The van der Waals surface area contributed by atoms with Crippen LogP contribution in [0.5, 0.6) is 0 Å². The molecule has 0 radical (unpaired) electrons. The van der Waals surface area contributed by atoms with Crippen molar-refractivity contribution in [3.05, 3.63) is 35.1 Å². The molecule has 0 spiro atoms. The predicted molar refractivity (Wildman–Crippen MR) is 74.3 cm³/mol. The second kappa shape index (κ2) is 5.00. The summed E-state index contributed by atoms with van der Waals surface area (Å²) in [6.07, 6.45) is 1.15. The molecular weight excluding hydrogens is 225 g/mol. The van der Waals surface area contributed by atoms with Crippen LogP contribution in [0.4, 0.5) is 4.39 Å². The maximum atomic E-state index is 13.9. The molecule has 0 bridgehead atoms. The summed E-state index contributed by atoms with van der Waals surface area (Å²) in [5.74, 6) is 0.874. The fraction of sp³-hybridized carbons (Fsp3) is 0.625. The minimum absolute atomic E-state index is 0.0448. The van der Waals surface area contributed by atoms with Gasteiger partial charge in [0, 0.05) is 0 Å². The Kier molecular flexibility index (Phi) is 3.76. The van der Waals surface area contributed by atoms with Gasteiger partial charge in [-0.3, -0.25) is 0 Å². The Morgan fingerprint density at radius 3 is 2.72 bits per heavy atom. The highest BCUT2D eigenvalue weighted by atomic mass is 19.1. The molecule has 1 aliphatic rings. The highest BCUT2D eigenvalue weighted by molar-refractivity contribution is 5.35. The Morgan fingerprint density at radius 1 is 1.33 bits per heavy atom. The SMILES string of the molecule is CCCNCC1C(c2cc(C)ccc2F)C1(C)C. The van der Waals surface area contributed by atoms with Gasteiger partial charge in [0.1, 0.15) is 5.82 Å². The first-order chi connectivity index (χ1) is 8.48. The number of hydrogen-bond acceptors (Lipinski definition) is 1. The van der Waals surface area contributed by atoms with Gasteiger partial charge in [-0.05, 0) is 55.3 Å². The van der Waals surface area contributed by atoms with E-state index >= 15 is 0 Å². The van der Waals surface area contributed by atoms with Gasteiger partial charge in [0.2, 0.25) is 0 Å². The lowest BCUT2D eigenvalue weighted by molar-refractivity contribution is 0.517. The highest BCUT2D eigenvalue weighted by Gasteiger charge is 2.58. The Balaban J connectivity index is 2.11. The average molecular weight is 249 g/mol. The molecule has 1 aromatic rings. The van der Waals surface area contributed by atoms with Crippen LogP contribution in [0.3, 0.4) is 0 Å². The Morgan fingerprint density at radius 2 is 2.06 bits per heavy atom. The van der Waals surface area contributed by atoms with Crippen LogP contribution in [-0.4, -0.2) is 13.1 Å². The summed E-state index contributed by atoms with van der Waals surface area (Å²) in [5.41, 5.74) is 2.27. The largest absolute Gasteiger partial charge is 0.316 e. The molecule has 1 N–H and O–H groups in total. The fourth-order valence-electron chi connectivity index (χ4n) is 3.08. The summed E-state index contributed by atoms with van der Waals surface area (Å²) in [4.78, 5) is 0. The van der Waals surface area contributed by atoms with Crippen LogP contribution in [0.2, 0.25) is 0 Å². The van der Waals surface area contributed by atoms with Gasteiger partial charge in [-0.15, -0.1) is 0 Å².